The van der Waals surface area contributed by atoms with Crippen molar-refractivity contribution in [2.75, 3.05) is 0 Å². The van der Waals surface area contributed by atoms with Crippen LogP contribution in [0.15, 0.2) is 0 Å². The topological polar surface area (TPSA) is 63.6 Å². The molecule has 4 nitrogen and oxygen atoms in total. The van der Waals surface area contributed by atoms with Crippen LogP contribution in [0.3, 0.4) is 0 Å². The zero-order valence-corrected chi connectivity index (χ0v) is 19.5. The van der Waals surface area contributed by atoms with E-state index in [0.717, 1.165) is 25.2 Å². The molecule has 0 aliphatic heterocycles. The lowest BCUT2D eigenvalue weighted by Gasteiger charge is -2.27. The molecule has 0 aromatic carbocycles. The van der Waals surface area contributed by atoms with E-state index in [0.29, 0.717) is 31.6 Å². The first kappa shape index (κ1) is 26.0. The lowest BCUT2D eigenvalue weighted by molar-refractivity contribution is -0.158. The summed E-state index contributed by atoms with van der Waals surface area (Å²) in [4.78, 5) is 23.7. The lowest BCUT2D eigenvalue weighted by Crippen LogP contribution is -2.30. The van der Waals surface area contributed by atoms with Gasteiger partial charge < -0.3 is 9.84 Å². The highest BCUT2D eigenvalue weighted by molar-refractivity contribution is 5.74. The summed E-state index contributed by atoms with van der Waals surface area (Å²) in [5.41, 5.74) is 0. The molecule has 170 valence electrons. The Labute approximate surface area is 179 Å². The average molecular weight is 411 g/mol. The first-order chi connectivity index (χ1) is 13.8. The van der Waals surface area contributed by atoms with Crippen LogP contribution in [-0.4, -0.2) is 23.1 Å². The third-order valence-electron chi connectivity index (χ3n) is 6.23. The second-order valence-corrected chi connectivity index (χ2v) is 10.0. The van der Waals surface area contributed by atoms with Crippen molar-refractivity contribution in [1.82, 2.24) is 0 Å². The van der Waals surface area contributed by atoms with Crippen LogP contribution < -0.4 is 0 Å². The van der Waals surface area contributed by atoms with Gasteiger partial charge in [-0.1, -0.05) is 72.6 Å². The Balaban J connectivity index is 2.23. The first-order valence-corrected chi connectivity index (χ1v) is 12.2. The van der Waals surface area contributed by atoms with Gasteiger partial charge in [0.1, 0.15) is 6.10 Å². The van der Waals surface area contributed by atoms with Crippen molar-refractivity contribution in [2.45, 2.75) is 124 Å². The summed E-state index contributed by atoms with van der Waals surface area (Å²) in [7, 11) is 0. The molecule has 1 atom stereocenters. The van der Waals surface area contributed by atoms with Gasteiger partial charge in [-0.3, -0.25) is 9.59 Å². The van der Waals surface area contributed by atoms with E-state index in [4.69, 9.17) is 9.84 Å². The van der Waals surface area contributed by atoms with E-state index in [1.54, 1.807) is 0 Å². The van der Waals surface area contributed by atoms with Gasteiger partial charge >= 0.3 is 11.9 Å². The molecule has 0 aromatic rings. The molecule has 1 aliphatic rings. The summed E-state index contributed by atoms with van der Waals surface area (Å²) in [6.45, 7) is 8.94. The lowest BCUT2D eigenvalue weighted by atomic mass is 9.82. The number of carboxylic acids is 1. The highest BCUT2D eigenvalue weighted by Crippen LogP contribution is 2.30. The van der Waals surface area contributed by atoms with Gasteiger partial charge in [0.05, 0.1) is 11.8 Å². The molecule has 1 rings (SSSR count). The maximum absolute atomic E-state index is 12.6. The summed E-state index contributed by atoms with van der Waals surface area (Å²) in [6, 6.07) is 0. The molecule has 0 radical (unpaired) electrons. The molecule has 0 amide bonds. The molecule has 1 N–H and O–H groups in total. The van der Waals surface area contributed by atoms with Crippen LogP contribution in [0, 0.1) is 23.7 Å². The zero-order chi connectivity index (χ0) is 21.6. The number of carboxylic acid groups (broad SMARTS) is 1. The number of hydrogen-bond donors (Lipinski definition) is 1. The van der Waals surface area contributed by atoms with Gasteiger partial charge in [-0.2, -0.15) is 0 Å². The Bertz CT molecular complexity index is 450. The highest BCUT2D eigenvalue weighted by Gasteiger charge is 2.31. The van der Waals surface area contributed by atoms with Crippen LogP contribution in [0.4, 0.5) is 0 Å². The van der Waals surface area contributed by atoms with E-state index in [1.807, 2.05) is 0 Å². The second-order valence-electron chi connectivity index (χ2n) is 10.0. The number of aliphatic carboxylic acids is 1. The number of carbonyl (C=O) groups is 2. The van der Waals surface area contributed by atoms with Crippen LogP contribution in [0.25, 0.3) is 0 Å². The van der Waals surface area contributed by atoms with Crippen molar-refractivity contribution in [3.63, 3.8) is 0 Å². The van der Waals surface area contributed by atoms with Gasteiger partial charge in [0.2, 0.25) is 0 Å². The zero-order valence-electron chi connectivity index (χ0n) is 19.5. The van der Waals surface area contributed by atoms with Crippen LogP contribution in [0.5, 0.6) is 0 Å². The number of ether oxygens (including phenoxy) is 1. The van der Waals surface area contributed by atoms with Crippen LogP contribution in [0.2, 0.25) is 0 Å². The third-order valence-corrected chi connectivity index (χ3v) is 6.23. The van der Waals surface area contributed by atoms with Gasteiger partial charge in [-0.05, 0) is 56.8 Å². The fraction of sp³-hybridized carbons (Fsp3) is 0.920. The number of unbranched alkanes of at least 4 members (excludes halogenated alkanes) is 6. The first-order valence-electron chi connectivity index (χ1n) is 12.2. The summed E-state index contributed by atoms with van der Waals surface area (Å²) in [6.07, 6.45) is 14.8. The fourth-order valence-electron chi connectivity index (χ4n) is 4.40. The van der Waals surface area contributed by atoms with Crippen molar-refractivity contribution in [1.29, 1.82) is 0 Å². The molecular formula is C25H46O4. The van der Waals surface area contributed by atoms with Gasteiger partial charge in [-0.25, -0.2) is 0 Å². The smallest absolute Gasteiger partial charge is 0.309 e. The predicted molar refractivity (Wildman–Crippen MR) is 119 cm³/mol. The molecular weight excluding hydrogens is 364 g/mol. The largest absolute Gasteiger partial charge is 0.481 e. The molecule has 0 heterocycles. The van der Waals surface area contributed by atoms with E-state index in [9.17, 15) is 9.59 Å². The van der Waals surface area contributed by atoms with Gasteiger partial charge in [0.15, 0.2) is 0 Å². The number of hydrogen-bond acceptors (Lipinski definition) is 3. The SMILES string of the molecule is CC(C)CCCCCCCCCC(CC(C)C)OC(=O)C1CCC(C(=O)O)CC1. The van der Waals surface area contributed by atoms with Crippen LogP contribution >= 0.6 is 0 Å². The second kappa shape index (κ2) is 14.8. The van der Waals surface area contributed by atoms with Gasteiger partial charge in [-0.15, -0.1) is 0 Å². The molecule has 0 saturated heterocycles. The third kappa shape index (κ3) is 12.3. The number of rotatable bonds is 15. The van der Waals surface area contributed by atoms with Crippen molar-refractivity contribution in [2.24, 2.45) is 23.7 Å². The Hall–Kier alpha value is -1.06. The van der Waals surface area contributed by atoms with Gasteiger partial charge in [0.25, 0.3) is 0 Å². The predicted octanol–water partition coefficient (Wildman–Crippen LogP) is 7.00. The summed E-state index contributed by atoms with van der Waals surface area (Å²) in [5, 5.41) is 9.11. The maximum Gasteiger partial charge on any atom is 0.309 e. The Kier molecular flexibility index (Phi) is 13.3. The molecule has 0 bridgehead atoms. The molecule has 0 spiro atoms. The Morgan fingerprint density at radius 3 is 1.72 bits per heavy atom. The standard InChI is InChI=1S/C25H46O4/c1-19(2)12-10-8-6-5-7-9-11-13-23(18-20(3)4)29-25(28)22-16-14-21(15-17-22)24(26)27/h19-23H,5-18H2,1-4H3,(H,26,27). The van der Waals surface area contributed by atoms with E-state index < -0.39 is 5.97 Å². The maximum atomic E-state index is 12.6. The quantitative estimate of drug-likeness (QED) is 0.233. The molecule has 1 unspecified atom stereocenters. The van der Waals surface area contributed by atoms with Gasteiger partial charge in [0, 0.05) is 0 Å². The van der Waals surface area contributed by atoms with Crippen molar-refractivity contribution >= 4 is 11.9 Å². The molecule has 0 aromatic heterocycles. The summed E-state index contributed by atoms with van der Waals surface area (Å²) in [5.74, 6) is 0.125. The normalized spacial score (nSPS) is 20.8. The molecule has 1 saturated carbocycles. The average Bonchev–Trinajstić information content (AvgIpc) is 2.65. The summed E-state index contributed by atoms with van der Waals surface area (Å²) >= 11 is 0. The number of carbonyl (C=O) groups excluding carboxylic acids is 1. The number of esters is 1. The van der Waals surface area contributed by atoms with Crippen molar-refractivity contribution in [3.8, 4) is 0 Å². The molecule has 29 heavy (non-hydrogen) atoms. The fourth-order valence-corrected chi connectivity index (χ4v) is 4.40. The minimum atomic E-state index is -0.727. The van der Waals surface area contributed by atoms with E-state index in [2.05, 4.69) is 27.7 Å². The van der Waals surface area contributed by atoms with E-state index in [-0.39, 0.29) is 23.9 Å². The summed E-state index contributed by atoms with van der Waals surface area (Å²) < 4.78 is 5.89. The van der Waals surface area contributed by atoms with Crippen LogP contribution in [0.1, 0.15) is 118 Å². The van der Waals surface area contributed by atoms with Crippen molar-refractivity contribution in [3.05, 3.63) is 0 Å². The Morgan fingerprint density at radius 2 is 1.24 bits per heavy atom. The molecule has 1 fully saturated rings. The van der Waals surface area contributed by atoms with Crippen molar-refractivity contribution < 1.29 is 19.4 Å². The molecule has 1 aliphatic carbocycles. The monoisotopic (exact) mass is 410 g/mol. The minimum absolute atomic E-state index is 0.0192. The minimum Gasteiger partial charge on any atom is -0.481 e. The van der Waals surface area contributed by atoms with Crippen LogP contribution in [-0.2, 0) is 14.3 Å². The van der Waals surface area contributed by atoms with E-state index in [1.165, 1.54) is 44.9 Å². The highest BCUT2D eigenvalue weighted by atomic mass is 16.5. The molecule has 4 heteroatoms. The van der Waals surface area contributed by atoms with E-state index >= 15 is 0 Å². The Morgan fingerprint density at radius 1 is 0.759 bits per heavy atom.